The largest absolute Gasteiger partial charge is 0.376 e. The van der Waals surface area contributed by atoms with Gasteiger partial charge < -0.3 is 19.4 Å². The summed E-state index contributed by atoms with van der Waals surface area (Å²) in [6.45, 7) is 3.71. The summed E-state index contributed by atoms with van der Waals surface area (Å²) >= 11 is 0. The molecule has 0 radical (unpaired) electrons. The number of anilines is 1. The highest BCUT2D eigenvalue weighted by molar-refractivity contribution is 5.86. The van der Waals surface area contributed by atoms with Gasteiger partial charge >= 0.3 is 0 Å². The number of rotatable bonds is 9. The quantitative estimate of drug-likeness (QED) is 0.288. The molecule has 2 amide bonds. The Balaban J connectivity index is 1.03. The van der Waals surface area contributed by atoms with Gasteiger partial charge in [0.15, 0.2) is 5.82 Å². The summed E-state index contributed by atoms with van der Waals surface area (Å²) < 4.78 is 5.80. The Bertz CT molecular complexity index is 1480. The van der Waals surface area contributed by atoms with Gasteiger partial charge in [-0.25, -0.2) is 0 Å². The molecule has 3 aromatic carbocycles. The molecule has 8 heteroatoms. The second-order valence-corrected chi connectivity index (χ2v) is 11.2. The smallest absolute Gasteiger partial charge is 0.242 e. The Morgan fingerprint density at radius 1 is 0.767 bits per heavy atom. The third-order valence-electron chi connectivity index (χ3n) is 8.22. The zero-order valence-electron chi connectivity index (χ0n) is 24.3. The molecule has 2 aliphatic rings. The van der Waals surface area contributed by atoms with Crippen molar-refractivity contribution in [1.82, 2.24) is 20.0 Å². The molecule has 0 bridgehead atoms. The van der Waals surface area contributed by atoms with Crippen molar-refractivity contribution >= 4 is 17.6 Å². The second-order valence-electron chi connectivity index (χ2n) is 11.2. The molecule has 2 saturated heterocycles. The summed E-state index contributed by atoms with van der Waals surface area (Å²) in [7, 11) is 0. The molecule has 2 aliphatic heterocycles. The van der Waals surface area contributed by atoms with E-state index in [-0.39, 0.29) is 30.9 Å². The molecule has 2 fully saturated rings. The van der Waals surface area contributed by atoms with Crippen molar-refractivity contribution in [3.05, 3.63) is 103 Å². The van der Waals surface area contributed by atoms with Crippen LogP contribution in [0.25, 0.3) is 22.4 Å². The highest BCUT2D eigenvalue weighted by atomic mass is 16.5. The molecular weight excluding hydrogens is 538 g/mol. The molecule has 220 valence electrons. The van der Waals surface area contributed by atoms with Crippen LogP contribution in [0.3, 0.4) is 0 Å². The van der Waals surface area contributed by atoms with Crippen LogP contribution >= 0.6 is 0 Å². The van der Waals surface area contributed by atoms with E-state index < -0.39 is 0 Å². The first kappa shape index (κ1) is 28.6. The summed E-state index contributed by atoms with van der Waals surface area (Å²) in [6, 6.07) is 32.3. The summed E-state index contributed by atoms with van der Waals surface area (Å²) in [5.74, 6) is 0.730. The number of amides is 2. The van der Waals surface area contributed by atoms with Gasteiger partial charge in [-0.1, -0.05) is 84.9 Å². The molecule has 0 spiro atoms. The summed E-state index contributed by atoms with van der Waals surface area (Å²) in [5, 5.41) is 9.00. The molecular formula is C35H37N5O3. The first-order chi connectivity index (χ1) is 21.1. The molecule has 0 N–H and O–H groups in total. The number of aromatic nitrogens is 2. The lowest BCUT2D eigenvalue weighted by molar-refractivity contribution is -0.141. The third kappa shape index (κ3) is 7.27. The number of carbonyl (C=O) groups is 2. The minimum atomic E-state index is -0.0428. The Labute approximate surface area is 252 Å². The van der Waals surface area contributed by atoms with Crippen molar-refractivity contribution in [3.63, 3.8) is 0 Å². The maximum absolute atomic E-state index is 13.3. The van der Waals surface area contributed by atoms with E-state index in [1.54, 1.807) is 4.90 Å². The van der Waals surface area contributed by atoms with Crippen molar-refractivity contribution in [2.24, 2.45) is 0 Å². The van der Waals surface area contributed by atoms with Gasteiger partial charge in [0.05, 0.1) is 24.8 Å². The highest BCUT2D eigenvalue weighted by Crippen LogP contribution is 2.24. The van der Waals surface area contributed by atoms with E-state index in [0.717, 1.165) is 41.0 Å². The zero-order chi connectivity index (χ0) is 29.4. The lowest BCUT2D eigenvalue weighted by Crippen LogP contribution is -2.53. The molecule has 8 nitrogen and oxygen atoms in total. The normalized spacial score (nSPS) is 16.7. The average Bonchev–Trinajstić information content (AvgIpc) is 3.59. The fourth-order valence-electron chi connectivity index (χ4n) is 5.73. The lowest BCUT2D eigenvalue weighted by Gasteiger charge is -2.36. The van der Waals surface area contributed by atoms with E-state index in [1.165, 1.54) is 5.56 Å². The number of hydrogen-bond donors (Lipinski definition) is 0. The van der Waals surface area contributed by atoms with Crippen LogP contribution in [0.1, 0.15) is 18.4 Å². The minimum absolute atomic E-state index is 0.00674. The van der Waals surface area contributed by atoms with E-state index >= 15 is 0 Å². The van der Waals surface area contributed by atoms with Crippen molar-refractivity contribution in [3.8, 4) is 22.4 Å². The highest BCUT2D eigenvalue weighted by Gasteiger charge is 2.28. The fourth-order valence-corrected chi connectivity index (χ4v) is 5.73. The van der Waals surface area contributed by atoms with Gasteiger partial charge in [0.2, 0.25) is 11.8 Å². The van der Waals surface area contributed by atoms with E-state index in [1.807, 2.05) is 65.6 Å². The molecule has 1 atom stereocenters. The maximum Gasteiger partial charge on any atom is 0.242 e. The molecule has 0 saturated carbocycles. The van der Waals surface area contributed by atoms with Gasteiger partial charge in [0, 0.05) is 44.9 Å². The van der Waals surface area contributed by atoms with Crippen LogP contribution in [0.5, 0.6) is 0 Å². The van der Waals surface area contributed by atoms with Crippen LogP contribution in [0.4, 0.5) is 5.82 Å². The van der Waals surface area contributed by atoms with Crippen molar-refractivity contribution in [2.45, 2.75) is 25.4 Å². The maximum atomic E-state index is 13.3. The number of nitrogens with zero attached hydrogens (tertiary/aromatic N) is 5. The van der Waals surface area contributed by atoms with Crippen LogP contribution in [-0.2, 0) is 20.7 Å². The van der Waals surface area contributed by atoms with Crippen LogP contribution in [-0.4, -0.2) is 83.8 Å². The van der Waals surface area contributed by atoms with Crippen LogP contribution in [0.15, 0.2) is 97.1 Å². The van der Waals surface area contributed by atoms with Gasteiger partial charge in [-0.2, -0.15) is 0 Å². The van der Waals surface area contributed by atoms with E-state index in [2.05, 4.69) is 51.5 Å². The van der Waals surface area contributed by atoms with Crippen molar-refractivity contribution in [2.75, 3.05) is 50.8 Å². The Morgan fingerprint density at radius 3 is 2.09 bits per heavy atom. The van der Waals surface area contributed by atoms with Gasteiger partial charge in [-0.05, 0) is 41.7 Å². The Hall–Kier alpha value is -4.56. The lowest BCUT2D eigenvalue weighted by atomic mass is 10.0. The predicted molar refractivity (Wildman–Crippen MR) is 167 cm³/mol. The van der Waals surface area contributed by atoms with Crippen molar-refractivity contribution < 1.29 is 14.3 Å². The number of carbonyl (C=O) groups excluding carboxylic acids is 2. The molecule has 1 unspecified atom stereocenters. The van der Waals surface area contributed by atoms with Crippen LogP contribution in [0, 0.1) is 0 Å². The van der Waals surface area contributed by atoms with Gasteiger partial charge in [-0.3, -0.25) is 9.59 Å². The summed E-state index contributed by atoms with van der Waals surface area (Å²) in [6.07, 6.45) is 2.18. The van der Waals surface area contributed by atoms with Crippen LogP contribution in [0.2, 0.25) is 0 Å². The molecule has 3 heterocycles. The monoisotopic (exact) mass is 575 g/mol. The first-order valence-corrected chi connectivity index (χ1v) is 15.1. The second kappa shape index (κ2) is 13.6. The number of piperazine rings is 1. The third-order valence-corrected chi connectivity index (χ3v) is 8.22. The van der Waals surface area contributed by atoms with Gasteiger partial charge in [-0.15, -0.1) is 10.2 Å². The van der Waals surface area contributed by atoms with E-state index in [0.29, 0.717) is 39.3 Å². The topological polar surface area (TPSA) is 78.9 Å². The number of hydrogen-bond acceptors (Lipinski definition) is 6. The molecule has 0 aliphatic carbocycles. The minimum Gasteiger partial charge on any atom is -0.376 e. The van der Waals surface area contributed by atoms with Crippen molar-refractivity contribution in [1.29, 1.82) is 0 Å². The van der Waals surface area contributed by atoms with Crippen LogP contribution < -0.4 is 4.90 Å². The fraction of sp³-hybridized carbons (Fsp3) is 0.314. The van der Waals surface area contributed by atoms with Gasteiger partial charge in [0.1, 0.15) is 0 Å². The molecule has 4 aromatic rings. The number of benzene rings is 3. The standard InChI is InChI=1S/C35H37N5O3/c41-34(24-27-8-3-1-4-9-27)40(25-31-12-7-23-43-31)26-35(42)39-21-19-38(20-22-39)33-18-17-32(36-37-33)30-15-13-29(14-16-30)28-10-5-2-6-11-28/h1-6,8-11,13-18,31H,7,12,19-26H2. The summed E-state index contributed by atoms with van der Waals surface area (Å²) in [5.41, 5.74) is 5.13. The summed E-state index contributed by atoms with van der Waals surface area (Å²) in [4.78, 5) is 32.3. The molecule has 1 aromatic heterocycles. The first-order valence-electron chi connectivity index (χ1n) is 15.1. The van der Waals surface area contributed by atoms with Gasteiger partial charge in [0.25, 0.3) is 0 Å². The predicted octanol–water partition coefficient (Wildman–Crippen LogP) is 4.71. The Morgan fingerprint density at radius 2 is 1.44 bits per heavy atom. The van der Waals surface area contributed by atoms with E-state index in [9.17, 15) is 9.59 Å². The SMILES string of the molecule is O=C(CN(CC1CCCO1)C(=O)Cc1ccccc1)N1CCN(c2ccc(-c3ccc(-c4ccccc4)cc3)nn2)CC1. The number of ether oxygens (including phenoxy) is 1. The molecule has 6 rings (SSSR count). The molecule has 43 heavy (non-hydrogen) atoms. The Kier molecular flexibility index (Phi) is 9.04. The average molecular weight is 576 g/mol. The zero-order valence-corrected chi connectivity index (χ0v) is 24.3. The van der Waals surface area contributed by atoms with E-state index in [4.69, 9.17) is 4.74 Å².